The lowest BCUT2D eigenvalue weighted by Gasteiger charge is -2.17. The van der Waals surface area contributed by atoms with E-state index < -0.39 is 10.4 Å². The first-order valence-electron chi connectivity index (χ1n) is 10.6. The van der Waals surface area contributed by atoms with Gasteiger partial charge in [-0.25, -0.2) is 4.18 Å². The van der Waals surface area contributed by atoms with Crippen molar-refractivity contribution in [1.82, 2.24) is 9.80 Å². The van der Waals surface area contributed by atoms with Gasteiger partial charge in [-0.05, 0) is 18.8 Å². The fraction of sp³-hybridized carbons (Fsp3) is 0.900. The number of nitrogens with zero attached hydrogens (tertiary/aromatic N) is 2. The minimum absolute atomic E-state index is 0.0926. The molecule has 1 unspecified atom stereocenters. The van der Waals surface area contributed by atoms with E-state index in [9.17, 15) is 8.42 Å². The maximum Gasteiger partial charge on any atom is 0.397 e. The van der Waals surface area contributed by atoms with E-state index in [1.54, 1.807) is 0 Å². The van der Waals surface area contributed by atoms with Gasteiger partial charge in [0, 0.05) is 26.0 Å². The Labute approximate surface area is 167 Å². The molecule has 1 rings (SSSR count). The summed E-state index contributed by atoms with van der Waals surface area (Å²) in [4.78, 5) is 4.61. The quantitative estimate of drug-likeness (QED) is 0.322. The van der Waals surface area contributed by atoms with Crippen molar-refractivity contribution in [3.8, 4) is 0 Å². The van der Waals surface area contributed by atoms with Gasteiger partial charge in [0.1, 0.15) is 0 Å². The predicted molar refractivity (Wildman–Crippen MR) is 113 cm³/mol. The molecule has 0 radical (unpaired) electrons. The Morgan fingerprint density at radius 3 is 2.15 bits per heavy atom. The maximum absolute atomic E-state index is 10.3. The van der Waals surface area contributed by atoms with Crippen LogP contribution in [0.1, 0.15) is 85.0 Å². The average Bonchev–Trinajstić information content (AvgIpc) is 3.03. The minimum atomic E-state index is -4.25. The van der Waals surface area contributed by atoms with Gasteiger partial charge in [-0.1, -0.05) is 72.1 Å². The average molecular weight is 407 g/mol. The third-order valence-electron chi connectivity index (χ3n) is 4.73. The van der Waals surface area contributed by atoms with E-state index in [4.69, 9.17) is 4.55 Å². The van der Waals surface area contributed by atoms with Crippen LogP contribution in [0.4, 0.5) is 0 Å². The van der Waals surface area contributed by atoms with Crippen molar-refractivity contribution in [3.05, 3.63) is 12.4 Å². The number of unbranched alkanes of at least 4 members (excludes halogenated alkanes) is 6. The second-order valence-electron chi connectivity index (χ2n) is 7.41. The number of rotatable bonds is 14. The lowest BCUT2D eigenvalue weighted by Crippen LogP contribution is -2.23. The molecule has 1 atom stereocenters. The minimum Gasteiger partial charge on any atom is -0.362 e. The third kappa shape index (κ3) is 17.1. The summed E-state index contributed by atoms with van der Waals surface area (Å²) in [6.45, 7) is 8.73. The van der Waals surface area contributed by atoms with Crippen LogP contribution < -0.4 is 0 Å². The lowest BCUT2D eigenvalue weighted by molar-refractivity contribution is 0.211. The smallest absolute Gasteiger partial charge is 0.362 e. The second-order valence-corrected chi connectivity index (χ2v) is 8.50. The van der Waals surface area contributed by atoms with E-state index in [2.05, 4.69) is 47.3 Å². The summed E-state index contributed by atoms with van der Waals surface area (Å²) in [6.07, 6.45) is 16.7. The van der Waals surface area contributed by atoms with Gasteiger partial charge in [-0.2, -0.15) is 8.42 Å². The van der Waals surface area contributed by atoms with Crippen molar-refractivity contribution in [2.45, 2.75) is 85.0 Å². The molecule has 27 heavy (non-hydrogen) atoms. The monoisotopic (exact) mass is 406 g/mol. The first kappa shape index (κ1) is 26.2. The van der Waals surface area contributed by atoms with Crippen LogP contribution >= 0.6 is 0 Å². The van der Waals surface area contributed by atoms with Crippen molar-refractivity contribution >= 4 is 10.4 Å². The second kappa shape index (κ2) is 16.2. The van der Waals surface area contributed by atoms with Crippen LogP contribution in [0.25, 0.3) is 0 Å². The SMILES string of the molecule is CCCCC(CC)COS(=O)(=O)O.CCCCCCCCN1C=CN(C)C1. The molecule has 0 aromatic carbocycles. The van der Waals surface area contributed by atoms with Crippen molar-refractivity contribution in [2.75, 3.05) is 26.9 Å². The summed E-state index contributed by atoms with van der Waals surface area (Å²) in [5.41, 5.74) is 0. The summed E-state index contributed by atoms with van der Waals surface area (Å²) in [5, 5.41) is 0. The summed E-state index contributed by atoms with van der Waals surface area (Å²) in [5.74, 6) is 0.224. The Kier molecular flexibility index (Phi) is 15.7. The fourth-order valence-corrected chi connectivity index (χ4v) is 3.27. The van der Waals surface area contributed by atoms with Crippen LogP contribution in [0.5, 0.6) is 0 Å². The molecular formula is C20H42N2O4S. The van der Waals surface area contributed by atoms with Gasteiger partial charge in [0.15, 0.2) is 0 Å². The van der Waals surface area contributed by atoms with Crippen LogP contribution in [-0.2, 0) is 14.6 Å². The molecule has 1 aliphatic heterocycles. The molecule has 0 aliphatic carbocycles. The molecule has 0 bridgehead atoms. The molecule has 6 nitrogen and oxygen atoms in total. The molecule has 1 N–H and O–H groups in total. The molecule has 162 valence electrons. The molecule has 1 heterocycles. The normalized spacial score (nSPS) is 15.0. The van der Waals surface area contributed by atoms with E-state index in [-0.39, 0.29) is 12.5 Å². The summed E-state index contributed by atoms with van der Waals surface area (Å²) >= 11 is 0. The van der Waals surface area contributed by atoms with Crippen LogP contribution in [-0.4, -0.2) is 49.6 Å². The highest BCUT2D eigenvalue weighted by molar-refractivity contribution is 7.80. The standard InChI is InChI=1S/C12H24N2.C8H18O4S/c1-3-4-5-6-7-8-9-14-11-10-13(2)12-14;1-3-5-6-8(4-2)7-12-13(9,10)11/h10-11H,3-9,12H2,1-2H3;8H,3-7H2,1-2H3,(H,9,10,11). The summed E-state index contributed by atoms with van der Waals surface area (Å²) in [7, 11) is -2.13. The number of hydrogen-bond acceptors (Lipinski definition) is 5. The van der Waals surface area contributed by atoms with Gasteiger partial charge in [0.05, 0.1) is 13.3 Å². The van der Waals surface area contributed by atoms with Crippen molar-refractivity contribution in [1.29, 1.82) is 0 Å². The highest BCUT2D eigenvalue weighted by Gasteiger charge is 2.11. The molecule has 0 saturated heterocycles. The zero-order chi connectivity index (χ0) is 20.5. The molecule has 7 heteroatoms. The van der Waals surface area contributed by atoms with E-state index in [0.29, 0.717) is 0 Å². The first-order chi connectivity index (χ1) is 12.8. The van der Waals surface area contributed by atoms with Gasteiger partial charge in [-0.3, -0.25) is 4.55 Å². The van der Waals surface area contributed by atoms with Crippen LogP contribution in [0, 0.1) is 5.92 Å². The lowest BCUT2D eigenvalue weighted by atomic mass is 10.0. The highest BCUT2D eigenvalue weighted by Crippen LogP contribution is 2.13. The molecule has 0 aromatic rings. The molecule has 0 aromatic heterocycles. The molecule has 0 spiro atoms. The Morgan fingerprint density at radius 2 is 1.63 bits per heavy atom. The maximum atomic E-state index is 10.3. The van der Waals surface area contributed by atoms with E-state index in [1.165, 1.54) is 45.1 Å². The molecule has 0 fully saturated rings. The van der Waals surface area contributed by atoms with Crippen molar-refractivity contribution in [3.63, 3.8) is 0 Å². The Balaban J connectivity index is 0.000000503. The van der Waals surface area contributed by atoms with E-state index >= 15 is 0 Å². The topological polar surface area (TPSA) is 70.1 Å². The molecule has 0 amide bonds. The van der Waals surface area contributed by atoms with Gasteiger partial charge in [-0.15, -0.1) is 0 Å². The van der Waals surface area contributed by atoms with Gasteiger partial charge < -0.3 is 9.80 Å². The van der Waals surface area contributed by atoms with Crippen molar-refractivity contribution in [2.24, 2.45) is 5.92 Å². The Hall–Kier alpha value is -0.790. The Morgan fingerprint density at radius 1 is 1.00 bits per heavy atom. The summed E-state index contributed by atoms with van der Waals surface area (Å²) < 4.78 is 33.2. The predicted octanol–water partition coefficient (Wildman–Crippen LogP) is 5.05. The number of hydrogen-bond donors (Lipinski definition) is 1. The zero-order valence-electron chi connectivity index (χ0n) is 17.9. The van der Waals surface area contributed by atoms with Gasteiger partial charge in [0.2, 0.25) is 0 Å². The van der Waals surface area contributed by atoms with Gasteiger partial charge in [0.25, 0.3) is 0 Å². The van der Waals surface area contributed by atoms with E-state index in [0.717, 1.165) is 32.4 Å². The first-order valence-corrected chi connectivity index (χ1v) is 11.9. The molecule has 1 aliphatic rings. The van der Waals surface area contributed by atoms with Crippen LogP contribution in [0.3, 0.4) is 0 Å². The van der Waals surface area contributed by atoms with Crippen LogP contribution in [0.15, 0.2) is 12.4 Å². The van der Waals surface area contributed by atoms with Gasteiger partial charge >= 0.3 is 10.4 Å². The van der Waals surface area contributed by atoms with Crippen molar-refractivity contribution < 1.29 is 17.2 Å². The highest BCUT2D eigenvalue weighted by atomic mass is 32.3. The Bertz CT molecular complexity index is 469. The molecular weight excluding hydrogens is 364 g/mol. The fourth-order valence-electron chi connectivity index (χ4n) is 2.91. The van der Waals surface area contributed by atoms with Crippen LogP contribution in [0.2, 0.25) is 0 Å². The third-order valence-corrected chi connectivity index (χ3v) is 5.17. The molecule has 0 saturated carbocycles. The van der Waals surface area contributed by atoms with E-state index in [1.807, 2.05) is 6.92 Å². The summed E-state index contributed by atoms with van der Waals surface area (Å²) in [6, 6.07) is 0. The largest absolute Gasteiger partial charge is 0.397 e. The zero-order valence-corrected chi connectivity index (χ0v) is 18.7.